The van der Waals surface area contributed by atoms with Crippen LogP contribution in [-0.4, -0.2) is 37.0 Å². The second-order valence-electron chi connectivity index (χ2n) is 6.09. The molecule has 2 saturated heterocycles. The lowest BCUT2D eigenvalue weighted by atomic mass is 9.86. The maximum Gasteiger partial charge on any atom is 0.417 e. The van der Waals surface area contributed by atoms with E-state index in [0.29, 0.717) is 17.6 Å². The van der Waals surface area contributed by atoms with Gasteiger partial charge >= 0.3 is 6.18 Å². The van der Waals surface area contributed by atoms with Crippen LogP contribution in [0.25, 0.3) is 0 Å². The Labute approximate surface area is 135 Å². The summed E-state index contributed by atoms with van der Waals surface area (Å²) in [4.78, 5) is 14.1. The first-order chi connectivity index (χ1) is 10.3. The molecule has 0 bridgehead atoms. The number of rotatable bonds is 1. The molecule has 0 radical (unpaired) electrons. The second kappa shape index (κ2) is 5.53. The van der Waals surface area contributed by atoms with Crippen LogP contribution in [0.5, 0.6) is 0 Å². The van der Waals surface area contributed by atoms with E-state index in [0.717, 1.165) is 32.0 Å². The fourth-order valence-electron chi connectivity index (χ4n) is 3.36. The SMILES string of the molecule is O=C(c1ccc(Br)cc1C(F)(F)F)N1CCC2(CCNC2)C1. The van der Waals surface area contributed by atoms with Crippen molar-refractivity contribution in [1.82, 2.24) is 10.2 Å². The van der Waals surface area contributed by atoms with E-state index in [2.05, 4.69) is 21.2 Å². The first kappa shape index (κ1) is 15.8. The molecule has 1 aromatic carbocycles. The number of hydrogen-bond acceptors (Lipinski definition) is 2. The number of hydrogen-bond donors (Lipinski definition) is 1. The molecule has 2 aliphatic heterocycles. The standard InChI is InChI=1S/C15H16BrF3N2O/c16-10-1-2-11(12(7-10)15(17,18)19)13(22)21-6-4-14(9-21)3-5-20-8-14/h1-2,7,20H,3-6,8-9H2. The Morgan fingerprint density at radius 1 is 1.32 bits per heavy atom. The van der Waals surface area contributed by atoms with Crippen molar-refractivity contribution in [2.24, 2.45) is 5.41 Å². The van der Waals surface area contributed by atoms with Gasteiger partial charge in [-0.1, -0.05) is 15.9 Å². The summed E-state index contributed by atoms with van der Waals surface area (Å²) in [5.74, 6) is -0.524. The van der Waals surface area contributed by atoms with Crippen molar-refractivity contribution in [1.29, 1.82) is 0 Å². The van der Waals surface area contributed by atoms with E-state index in [-0.39, 0.29) is 11.0 Å². The highest BCUT2D eigenvalue weighted by Gasteiger charge is 2.43. The van der Waals surface area contributed by atoms with Crippen molar-refractivity contribution in [3.05, 3.63) is 33.8 Å². The summed E-state index contributed by atoms with van der Waals surface area (Å²) in [5, 5.41) is 3.27. The lowest BCUT2D eigenvalue weighted by molar-refractivity contribution is -0.138. The minimum absolute atomic E-state index is 0.0451. The maximum atomic E-state index is 13.2. The fourth-order valence-corrected chi connectivity index (χ4v) is 3.72. The number of nitrogens with zero attached hydrogens (tertiary/aromatic N) is 1. The van der Waals surface area contributed by atoms with E-state index >= 15 is 0 Å². The molecule has 1 N–H and O–H groups in total. The van der Waals surface area contributed by atoms with Crippen LogP contribution >= 0.6 is 15.9 Å². The Bertz CT molecular complexity index is 597. The lowest BCUT2D eigenvalue weighted by Crippen LogP contribution is -2.34. The largest absolute Gasteiger partial charge is 0.417 e. The summed E-state index contributed by atoms with van der Waals surface area (Å²) in [6, 6.07) is 3.70. The van der Waals surface area contributed by atoms with E-state index in [4.69, 9.17) is 0 Å². The number of halogens is 4. The van der Waals surface area contributed by atoms with Gasteiger partial charge in [-0.25, -0.2) is 0 Å². The van der Waals surface area contributed by atoms with Crippen LogP contribution in [0.15, 0.2) is 22.7 Å². The molecule has 2 fully saturated rings. The second-order valence-corrected chi connectivity index (χ2v) is 7.01. The molecule has 3 rings (SSSR count). The molecular weight excluding hydrogens is 361 g/mol. The summed E-state index contributed by atoms with van der Waals surface area (Å²) in [5.41, 5.74) is -1.10. The quantitative estimate of drug-likeness (QED) is 0.815. The molecule has 1 unspecified atom stereocenters. The first-order valence-corrected chi connectivity index (χ1v) is 7.97. The Kier molecular flexibility index (Phi) is 3.97. The molecule has 1 aromatic rings. The summed E-state index contributed by atoms with van der Waals surface area (Å²) in [6.07, 6.45) is -2.71. The van der Waals surface area contributed by atoms with Gasteiger partial charge < -0.3 is 10.2 Å². The lowest BCUT2D eigenvalue weighted by Gasteiger charge is -2.23. The number of carbonyl (C=O) groups is 1. The van der Waals surface area contributed by atoms with Gasteiger partial charge in [0, 0.05) is 29.5 Å². The van der Waals surface area contributed by atoms with Gasteiger partial charge in [0.15, 0.2) is 0 Å². The number of carbonyl (C=O) groups excluding carboxylic acids is 1. The van der Waals surface area contributed by atoms with Gasteiger partial charge in [0.05, 0.1) is 11.1 Å². The molecule has 2 heterocycles. The highest BCUT2D eigenvalue weighted by molar-refractivity contribution is 9.10. The molecule has 22 heavy (non-hydrogen) atoms. The normalized spacial score (nSPS) is 25.2. The Balaban J connectivity index is 1.87. The van der Waals surface area contributed by atoms with Crippen LogP contribution in [0.2, 0.25) is 0 Å². The third-order valence-electron chi connectivity index (χ3n) is 4.58. The molecule has 0 saturated carbocycles. The van der Waals surface area contributed by atoms with Crippen LogP contribution in [0.3, 0.4) is 0 Å². The summed E-state index contributed by atoms with van der Waals surface area (Å²) >= 11 is 3.04. The minimum Gasteiger partial charge on any atom is -0.338 e. The van der Waals surface area contributed by atoms with Gasteiger partial charge in [0.25, 0.3) is 5.91 Å². The zero-order chi connectivity index (χ0) is 16.0. The van der Waals surface area contributed by atoms with Crippen molar-refractivity contribution in [2.75, 3.05) is 26.2 Å². The minimum atomic E-state index is -4.54. The van der Waals surface area contributed by atoms with Gasteiger partial charge in [-0.15, -0.1) is 0 Å². The van der Waals surface area contributed by atoms with E-state index in [9.17, 15) is 18.0 Å². The van der Waals surface area contributed by atoms with Crippen molar-refractivity contribution >= 4 is 21.8 Å². The van der Waals surface area contributed by atoms with Crippen LogP contribution in [-0.2, 0) is 6.18 Å². The van der Waals surface area contributed by atoms with Crippen molar-refractivity contribution < 1.29 is 18.0 Å². The van der Waals surface area contributed by atoms with Gasteiger partial charge in [-0.05, 0) is 37.6 Å². The van der Waals surface area contributed by atoms with Gasteiger partial charge in [0.2, 0.25) is 0 Å². The number of amides is 1. The molecule has 7 heteroatoms. The third kappa shape index (κ3) is 2.88. The Morgan fingerprint density at radius 2 is 2.09 bits per heavy atom. The molecule has 1 atom stereocenters. The zero-order valence-electron chi connectivity index (χ0n) is 11.8. The molecule has 2 aliphatic rings. The predicted octanol–water partition coefficient (Wildman–Crippen LogP) is 3.29. The number of likely N-dealkylation sites (tertiary alicyclic amines) is 1. The van der Waals surface area contributed by atoms with Crippen molar-refractivity contribution in [3.63, 3.8) is 0 Å². The Hall–Kier alpha value is -1.08. The average Bonchev–Trinajstić information content (AvgIpc) is 3.08. The van der Waals surface area contributed by atoms with E-state index < -0.39 is 17.6 Å². The van der Waals surface area contributed by atoms with Gasteiger partial charge in [-0.2, -0.15) is 13.2 Å². The van der Waals surface area contributed by atoms with E-state index in [1.54, 1.807) is 4.90 Å². The number of benzene rings is 1. The molecule has 120 valence electrons. The van der Waals surface area contributed by atoms with Crippen molar-refractivity contribution in [2.45, 2.75) is 19.0 Å². The highest BCUT2D eigenvalue weighted by Crippen LogP contribution is 2.38. The zero-order valence-corrected chi connectivity index (χ0v) is 13.4. The number of nitrogens with one attached hydrogen (secondary N) is 1. The molecular formula is C15H16BrF3N2O. The molecule has 3 nitrogen and oxygen atoms in total. The molecule has 1 amide bonds. The molecule has 0 aromatic heterocycles. The first-order valence-electron chi connectivity index (χ1n) is 7.18. The average molecular weight is 377 g/mol. The van der Waals surface area contributed by atoms with Crippen LogP contribution < -0.4 is 5.32 Å². The van der Waals surface area contributed by atoms with Gasteiger partial charge in [-0.3, -0.25) is 4.79 Å². The molecule has 0 aliphatic carbocycles. The van der Waals surface area contributed by atoms with Crippen molar-refractivity contribution in [3.8, 4) is 0 Å². The maximum absolute atomic E-state index is 13.2. The predicted molar refractivity (Wildman–Crippen MR) is 79.6 cm³/mol. The monoisotopic (exact) mass is 376 g/mol. The van der Waals surface area contributed by atoms with Crippen LogP contribution in [0.1, 0.15) is 28.8 Å². The fraction of sp³-hybridized carbons (Fsp3) is 0.533. The van der Waals surface area contributed by atoms with Crippen LogP contribution in [0, 0.1) is 5.41 Å². The van der Waals surface area contributed by atoms with Gasteiger partial charge in [0.1, 0.15) is 0 Å². The van der Waals surface area contributed by atoms with E-state index in [1.165, 1.54) is 12.1 Å². The highest BCUT2D eigenvalue weighted by atomic mass is 79.9. The Morgan fingerprint density at radius 3 is 2.73 bits per heavy atom. The summed E-state index contributed by atoms with van der Waals surface area (Å²) in [7, 11) is 0. The summed E-state index contributed by atoms with van der Waals surface area (Å²) < 4.78 is 39.8. The summed E-state index contributed by atoms with van der Waals surface area (Å²) in [6.45, 7) is 2.80. The topological polar surface area (TPSA) is 32.3 Å². The smallest absolute Gasteiger partial charge is 0.338 e. The molecule has 1 spiro atoms. The third-order valence-corrected chi connectivity index (χ3v) is 5.07. The van der Waals surface area contributed by atoms with E-state index in [1.807, 2.05) is 0 Å². The number of alkyl halides is 3. The van der Waals surface area contributed by atoms with Crippen LogP contribution in [0.4, 0.5) is 13.2 Å².